The van der Waals surface area contributed by atoms with Crippen LogP contribution in [-0.2, 0) is 13.0 Å². The predicted molar refractivity (Wildman–Crippen MR) is 103 cm³/mol. The molecule has 0 spiro atoms. The van der Waals surface area contributed by atoms with Gasteiger partial charge in [-0.1, -0.05) is 13.0 Å². The SMILES string of the molecule is CCc1nc(CNC(=NC)NCC(C)Oc2cccc(OC)c2)cs1. The summed E-state index contributed by atoms with van der Waals surface area (Å²) in [7, 11) is 3.40. The van der Waals surface area contributed by atoms with Gasteiger partial charge in [0.1, 0.15) is 17.6 Å². The van der Waals surface area contributed by atoms with Crippen LogP contribution >= 0.6 is 11.3 Å². The van der Waals surface area contributed by atoms with Gasteiger partial charge in [-0.25, -0.2) is 4.98 Å². The molecule has 0 bridgehead atoms. The fraction of sp³-hybridized carbons (Fsp3) is 0.444. The lowest BCUT2D eigenvalue weighted by atomic mass is 10.3. The van der Waals surface area contributed by atoms with Crippen molar-refractivity contribution in [2.24, 2.45) is 4.99 Å². The number of guanidine groups is 1. The van der Waals surface area contributed by atoms with Crippen LogP contribution in [0.15, 0.2) is 34.6 Å². The molecule has 136 valence electrons. The van der Waals surface area contributed by atoms with Crippen LogP contribution in [0.4, 0.5) is 0 Å². The van der Waals surface area contributed by atoms with Crippen molar-refractivity contribution in [2.75, 3.05) is 20.7 Å². The lowest BCUT2D eigenvalue weighted by Gasteiger charge is -2.18. The van der Waals surface area contributed by atoms with Crippen LogP contribution < -0.4 is 20.1 Å². The van der Waals surface area contributed by atoms with Gasteiger partial charge in [-0.3, -0.25) is 4.99 Å². The van der Waals surface area contributed by atoms with Crippen molar-refractivity contribution in [3.63, 3.8) is 0 Å². The van der Waals surface area contributed by atoms with Crippen LogP contribution in [0.5, 0.6) is 11.5 Å². The number of hydrogen-bond acceptors (Lipinski definition) is 5. The highest BCUT2D eigenvalue weighted by Gasteiger charge is 2.07. The number of rotatable bonds is 8. The van der Waals surface area contributed by atoms with Crippen molar-refractivity contribution < 1.29 is 9.47 Å². The first kappa shape index (κ1) is 19.1. The first-order valence-electron chi connectivity index (χ1n) is 8.33. The maximum Gasteiger partial charge on any atom is 0.191 e. The normalized spacial score (nSPS) is 12.6. The number of methoxy groups -OCH3 is 1. The van der Waals surface area contributed by atoms with Crippen molar-refractivity contribution in [3.8, 4) is 11.5 Å². The summed E-state index contributed by atoms with van der Waals surface area (Å²) in [6.45, 7) is 5.41. The molecule has 0 radical (unpaired) electrons. The summed E-state index contributed by atoms with van der Waals surface area (Å²) in [6, 6.07) is 7.59. The predicted octanol–water partition coefficient (Wildman–Crippen LogP) is 2.85. The van der Waals surface area contributed by atoms with Crippen LogP contribution in [-0.4, -0.2) is 37.7 Å². The molecule has 0 amide bonds. The Morgan fingerprint density at radius 1 is 1.32 bits per heavy atom. The number of ether oxygens (including phenoxy) is 2. The molecule has 2 N–H and O–H groups in total. The second-order valence-corrected chi connectivity index (χ2v) is 6.44. The molecule has 0 aliphatic heterocycles. The molecule has 0 saturated heterocycles. The summed E-state index contributed by atoms with van der Waals surface area (Å²) in [4.78, 5) is 8.77. The Balaban J connectivity index is 1.77. The minimum atomic E-state index is -0.0170. The van der Waals surface area contributed by atoms with Gasteiger partial charge in [-0.15, -0.1) is 11.3 Å². The highest BCUT2D eigenvalue weighted by Crippen LogP contribution is 2.19. The summed E-state index contributed by atoms with van der Waals surface area (Å²) >= 11 is 1.69. The molecule has 1 aromatic heterocycles. The third-order valence-corrected chi connectivity index (χ3v) is 4.54. The Bertz CT molecular complexity index is 687. The molecule has 6 nitrogen and oxygen atoms in total. The van der Waals surface area contributed by atoms with Crippen molar-refractivity contribution in [3.05, 3.63) is 40.3 Å². The van der Waals surface area contributed by atoms with E-state index in [9.17, 15) is 0 Å². The Morgan fingerprint density at radius 2 is 2.12 bits per heavy atom. The third-order valence-electron chi connectivity index (χ3n) is 3.50. The Labute approximate surface area is 153 Å². The van der Waals surface area contributed by atoms with Crippen molar-refractivity contribution in [1.82, 2.24) is 15.6 Å². The van der Waals surface area contributed by atoms with E-state index < -0.39 is 0 Å². The largest absolute Gasteiger partial charge is 0.497 e. The molecular formula is C18H26N4O2S. The van der Waals surface area contributed by atoms with Gasteiger partial charge in [-0.05, 0) is 25.5 Å². The molecule has 1 unspecified atom stereocenters. The van der Waals surface area contributed by atoms with E-state index in [0.717, 1.165) is 34.6 Å². The van der Waals surface area contributed by atoms with Crippen LogP contribution in [0.2, 0.25) is 0 Å². The van der Waals surface area contributed by atoms with E-state index in [-0.39, 0.29) is 6.10 Å². The van der Waals surface area contributed by atoms with Gasteiger partial charge >= 0.3 is 0 Å². The number of hydrogen-bond donors (Lipinski definition) is 2. The first-order valence-corrected chi connectivity index (χ1v) is 9.21. The number of nitrogens with zero attached hydrogens (tertiary/aromatic N) is 2. The van der Waals surface area contributed by atoms with Gasteiger partial charge in [0.15, 0.2) is 5.96 Å². The molecule has 2 aromatic rings. The topological polar surface area (TPSA) is 67.8 Å². The maximum atomic E-state index is 5.90. The van der Waals surface area contributed by atoms with E-state index in [1.54, 1.807) is 25.5 Å². The number of aryl methyl sites for hydroxylation is 1. The van der Waals surface area contributed by atoms with Crippen molar-refractivity contribution in [1.29, 1.82) is 0 Å². The Morgan fingerprint density at radius 3 is 2.80 bits per heavy atom. The first-order chi connectivity index (χ1) is 12.1. The van der Waals surface area contributed by atoms with E-state index in [0.29, 0.717) is 13.1 Å². The Hall–Kier alpha value is -2.28. The highest BCUT2D eigenvalue weighted by atomic mass is 32.1. The number of aliphatic imine (C=N–C) groups is 1. The smallest absolute Gasteiger partial charge is 0.191 e. The van der Waals surface area contributed by atoms with E-state index in [1.165, 1.54) is 0 Å². The number of aromatic nitrogens is 1. The van der Waals surface area contributed by atoms with E-state index in [1.807, 2.05) is 31.2 Å². The lowest BCUT2D eigenvalue weighted by molar-refractivity contribution is 0.223. The van der Waals surface area contributed by atoms with Crippen molar-refractivity contribution in [2.45, 2.75) is 32.9 Å². The molecule has 7 heteroatoms. The Kier molecular flexibility index (Phi) is 7.53. The molecule has 0 aliphatic rings. The van der Waals surface area contributed by atoms with Crippen molar-refractivity contribution >= 4 is 17.3 Å². The monoisotopic (exact) mass is 362 g/mol. The van der Waals surface area contributed by atoms with Crippen LogP contribution in [0.25, 0.3) is 0 Å². The molecular weight excluding hydrogens is 336 g/mol. The molecule has 0 saturated carbocycles. The molecule has 1 aromatic carbocycles. The quantitative estimate of drug-likeness (QED) is 0.558. The van der Waals surface area contributed by atoms with Gasteiger partial charge in [0.25, 0.3) is 0 Å². The summed E-state index contributed by atoms with van der Waals surface area (Å²) in [5.74, 6) is 2.29. The number of thiazole rings is 1. The van der Waals surface area contributed by atoms with Gasteiger partial charge in [0.2, 0.25) is 0 Å². The number of nitrogens with one attached hydrogen (secondary N) is 2. The van der Waals surface area contributed by atoms with Gasteiger partial charge in [0.05, 0.1) is 30.9 Å². The summed E-state index contributed by atoms with van der Waals surface area (Å²) in [5.41, 5.74) is 1.03. The van der Waals surface area contributed by atoms with Crippen LogP contribution in [0.3, 0.4) is 0 Å². The fourth-order valence-electron chi connectivity index (χ4n) is 2.18. The summed E-state index contributed by atoms with van der Waals surface area (Å²) < 4.78 is 11.1. The third kappa shape index (κ3) is 6.26. The van der Waals surface area contributed by atoms with Gasteiger partial charge in [0, 0.05) is 18.5 Å². The van der Waals surface area contributed by atoms with Gasteiger partial charge < -0.3 is 20.1 Å². The van der Waals surface area contributed by atoms with Crippen LogP contribution in [0.1, 0.15) is 24.5 Å². The minimum absolute atomic E-state index is 0.0170. The second kappa shape index (κ2) is 9.88. The molecule has 0 fully saturated rings. The average molecular weight is 362 g/mol. The van der Waals surface area contributed by atoms with E-state index >= 15 is 0 Å². The molecule has 1 heterocycles. The standard InChI is InChI=1S/C18H26N4O2S/c1-5-17-22-14(12-25-17)11-21-18(19-3)20-10-13(2)24-16-8-6-7-15(9-16)23-4/h6-9,12-13H,5,10-11H2,1-4H3,(H2,19,20,21). The molecule has 0 aliphatic carbocycles. The fourth-order valence-corrected chi connectivity index (χ4v) is 2.92. The van der Waals surface area contributed by atoms with Gasteiger partial charge in [-0.2, -0.15) is 0 Å². The summed E-state index contributed by atoms with van der Waals surface area (Å²) in [6.07, 6.45) is 0.952. The second-order valence-electron chi connectivity index (χ2n) is 5.50. The minimum Gasteiger partial charge on any atom is -0.497 e. The zero-order chi connectivity index (χ0) is 18.1. The zero-order valence-corrected chi connectivity index (χ0v) is 16.0. The van der Waals surface area contributed by atoms with E-state index in [4.69, 9.17) is 9.47 Å². The summed E-state index contributed by atoms with van der Waals surface area (Å²) in [5, 5.41) is 9.77. The highest BCUT2D eigenvalue weighted by molar-refractivity contribution is 7.09. The molecule has 1 atom stereocenters. The molecule has 2 rings (SSSR count). The average Bonchev–Trinajstić information content (AvgIpc) is 3.10. The van der Waals surface area contributed by atoms with E-state index in [2.05, 4.69) is 32.9 Å². The lowest BCUT2D eigenvalue weighted by Crippen LogP contribution is -2.41. The van der Waals surface area contributed by atoms with Crippen LogP contribution in [0, 0.1) is 0 Å². The number of benzene rings is 1. The molecule has 25 heavy (non-hydrogen) atoms. The maximum absolute atomic E-state index is 5.90. The zero-order valence-electron chi connectivity index (χ0n) is 15.2.